The maximum atomic E-state index is 2.66. The maximum Gasteiger partial charge on any atom is -0.00161 e. The van der Waals surface area contributed by atoms with Crippen LogP contribution in [0.5, 0.6) is 0 Å². The van der Waals surface area contributed by atoms with Crippen LogP contribution in [0.25, 0.3) is 0 Å². The van der Waals surface area contributed by atoms with Crippen molar-refractivity contribution in [1.82, 2.24) is 9.80 Å². The Morgan fingerprint density at radius 3 is 2.20 bits per heavy atom. The highest BCUT2D eigenvalue weighted by Crippen LogP contribution is 2.21. The molecule has 0 radical (unpaired) electrons. The monoisotopic (exact) mass is 210 g/mol. The van der Waals surface area contributed by atoms with E-state index in [1.165, 1.54) is 71.4 Å². The maximum absolute atomic E-state index is 2.66. The summed E-state index contributed by atoms with van der Waals surface area (Å²) in [6.07, 6.45) is 7.23. The average molecular weight is 210 g/mol. The number of hydrogen-bond donors (Lipinski definition) is 0. The zero-order chi connectivity index (χ0) is 10.5. The van der Waals surface area contributed by atoms with Crippen molar-refractivity contribution in [2.24, 2.45) is 5.92 Å². The molecule has 2 aliphatic heterocycles. The molecule has 2 heterocycles. The van der Waals surface area contributed by atoms with Gasteiger partial charge in [-0.05, 0) is 77.3 Å². The minimum atomic E-state index is 1.02. The second kappa shape index (κ2) is 5.86. The van der Waals surface area contributed by atoms with Gasteiger partial charge in [0.1, 0.15) is 0 Å². The molecule has 0 aromatic carbocycles. The fourth-order valence-electron chi connectivity index (χ4n) is 2.96. The molecule has 2 rings (SSSR count). The van der Waals surface area contributed by atoms with Crippen LogP contribution < -0.4 is 0 Å². The third-order valence-corrected chi connectivity index (χ3v) is 4.21. The Morgan fingerprint density at radius 1 is 0.933 bits per heavy atom. The van der Waals surface area contributed by atoms with E-state index >= 15 is 0 Å². The molecular formula is C13H26N2. The Bertz CT molecular complexity index is 167. The van der Waals surface area contributed by atoms with Gasteiger partial charge in [0.15, 0.2) is 0 Å². The average Bonchev–Trinajstić information content (AvgIpc) is 2.80. The fraction of sp³-hybridized carbons (Fsp3) is 1.00. The summed E-state index contributed by atoms with van der Waals surface area (Å²) < 4.78 is 0. The third kappa shape index (κ3) is 3.46. The Labute approximate surface area is 94.6 Å². The highest BCUT2D eigenvalue weighted by molar-refractivity contribution is 4.74. The van der Waals surface area contributed by atoms with Crippen LogP contribution in [-0.4, -0.2) is 49.1 Å². The molecule has 0 spiro atoms. The van der Waals surface area contributed by atoms with E-state index in [-0.39, 0.29) is 0 Å². The van der Waals surface area contributed by atoms with Gasteiger partial charge in [-0.25, -0.2) is 0 Å². The minimum Gasteiger partial charge on any atom is -0.304 e. The number of likely N-dealkylation sites (tertiary alicyclic amines) is 2. The van der Waals surface area contributed by atoms with E-state index in [1.807, 2.05) is 0 Å². The van der Waals surface area contributed by atoms with Gasteiger partial charge in [-0.2, -0.15) is 0 Å². The van der Waals surface area contributed by atoms with Crippen LogP contribution in [0.15, 0.2) is 0 Å². The van der Waals surface area contributed by atoms with Crippen LogP contribution in [0.2, 0.25) is 0 Å². The molecule has 2 aliphatic rings. The number of hydrogen-bond acceptors (Lipinski definition) is 2. The summed E-state index contributed by atoms with van der Waals surface area (Å²) in [5.41, 5.74) is 0. The standard InChI is InChI=1S/C13H26N2/c1-2-14-10-5-13(6-11-14)7-12-15-8-3-4-9-15/h13H,2-12H2,1H3. The van der Waals surface area contributed by atoms with Crippen LogP contribution in [0.1, 0.15) is 39.0 Å². The largest absolute Gasteiger partial charge is 0.304 e. The van der Waals surface area contributed by atoms with Gasteiger partial charge in [0.2, 0.25) is 0 Å². The second-order valence-corrected chi connectivity index (χ2v) is 5.22. The van der Waals surface area contributed by atoms with Gasteiger partial charge in [0.25, 0.3) is 0 Å². The summed E-state index contributed by atoms with van der Waals surface area (Å²) in [5.74, 6) is 1.02. The van der Waals surface area contributed by atoms with Crippen LogP contribution in [-0.2, 0) is 0 Å². The van der Waals surface area contributed by atoms with Crippen LogP contribution in [0, 0.1) is 5.92 Å². The molecule has 0 atom stereocenters. The lowest BCUT2D eigenvalue weighted by atomic mass is 9.93. The van der Waals surface area contributed by atoms with Gasteiger partial charge in [0.05, 0.1) is 0 Å². The van der Waals surface area contributed by atoms with Crippen LogP contribution in [0.3, 0.4) is 0 Å². The van der Waals surface area contributed by atoms with E-state index in [4.69, 9.17) is 0 Å². The summed E-state index contributed by atoms with van der Waals surface area (Å²) in [7, 11) is 0. The summed E-state index contributed by atoms with van der Waals surface area (Å²) in [5, 5.41) is 0. The first-order valence-corrected chi connectivity index (χ1v) is 6.83. The quantitative estimate of drug-likeness (QED) is 0.702. The second-order valence-electron chi connectivity index (χ2n) is 5.22. The van der Waals surface area contributed by atoms with Gasteiger partial charge < -0.3 is 9.80 Å². The van der Waals surface area contributed by atoms with E-state index in [0.717, 1.165) is 5.92 Å². The summed E-state index contributed by atoms with van der Waals surface area (Å²) in [6.45, 7) is 10.3. The highest BCUT2D eigenvalue weighted by atomic mass is 15.1. The zero-order valence-corrected chi connectivity index (χ0v) is 10.2. The molecule has 0 bridgehead atoms. The number of nitrogens with zero attached hydrogens (tertiary/aromatic N) is 2. The van der Waals surface area contributed by atoms with Crippen molar-refractivity contribution in [2.45, 2.75) is 39.0 Å². The fourth-order valence-corrected chi connectivity index (χ4v) is 2.96. The lowest BCUT2D eigenvalue weighted by Crippen LogP contribution is -2.34. The van der Waals surface area contributed by atoms with E-state index in [0.29, 0.717) is 0 Å². The lowest BCUT2D eigenvalue weighted by Gasteiger charge is -2.31. The van der Waals surface area contributed by atoms with E-state index in [9.17, 15) is 0 Å². The van der Waals surface area contributed by atoms with Gasteiger partial charge in [-0.3, -0.25) is 0 Å². The summed E-state index contributed by atoms with van der Waals surface area (Å²) in [4.78, 5) is 5.25. The summed E-state index contributed by atoms with van der Waals surface area (Å²) in [6, 6.07) is 0. The van der Waals surface area contributed by atoms with E-state index in [2.05, 4.69) is 16.7 Å². The van der Waals surface area contributed by atoms with Crippen molar-refractivity contribution in [2.75, 3.05) is 39.3 Å². The summed E-state index contributed by atoms with van der Waals surface area (Å²) >= 11 is 0. The minimum absolute atomic E-state index is 1.02. The van der Waals surface area contributed by atoms with Crippen molar-refractivity contribution in [1.29, 1.82) is 0 Å². The van der Waals surface area contributed by atoms with Crippen molar-refractivity contribution >= 4 is 0 Å². The highest BCUT2D eigenvalue weighted by Gasteiger charge is 2.19. The predicted molar refractivity (Wildman–Crippen MR) is 65.1 cm³/mol. The van der Waals surface area contributed by atoms with Gasteiger partial charge in [-0.15, -0.1) is 0 Å². The lowest BCUT2D eigenvalue weighted by molar-refractivity contribution is 0.175. The molecular weight excluding hydrogens is 184 g/mol. The molecule has 2 heteroatoms. The molecule has 0 aromatic rings. The number of piperidine rings is 1. The molecule has 88 valence electrons. The van der Waals surface area contributed by atoms with Crippen LogP contribution >= 0.6 is 0 Å². The Hall–Kier alpha value is -0.0800. The SMILES string of the molecule is CCN1CCC(CCN2CCCC2)CC1. The molecule has 0 amide bonds. The van der Waals surface area contributed by atoms with Crippen molar-refractivity contribution in [3.05, 3.63) is 0 Å². The molecule has 0 aromatic heterocycles. The first-order chi connectivity index (χ1) is 7.38. The van der Waals surface area contributed by atoms with E-state index in [1.54, 1.807) is 0 Å². The van der Waals surface area contributed by atoms with Gasteiger partial charge in [0, 0.05) is 0 Å². The van der Waals surface area contributed by atoms with E-state index < -0.39 is 0 Å². The first-order valence-electron chi connectivity index (χ1n) is 6.83. The molecule has 2 fully saturated rings. The van der Waals surface area contributed by atoms with Crippen molar-refractivity contribution < 1.29 is 0 Å². The molecule has 2 saturated heterocycles. The third-order valence-electron chi connectivity index (χ3n) is 4.21. The van der Waals surface area contributed by atoms with Gasteiger partial charge in [-0.1, -0.05) is 6.92 Å². The predicted octanol–water partition coefficient (Wildman–Crippen LogP) is 2.20. The number of rotatable bonds is 4. The molecule has 0 unspecified atom stereocenters. The molecule has 0 N–H and O–H groups in total. The van der Waals surface area contributed by atoms with Crippen LogP contribution in [0.4, 0.5) is 0 Å². The smallest absolute Gasteiger partial charge is 0.00161 e. The molecule has 2 nitrogen and oxygen atoms in total. The first kappa shape index (κ1) is 11.4. The van der Waals surface area contributed by atoms with Crippen molar-refractivity contribution in [3.63, 3.8) is 0 Å². The molecule has 0 aliphatic carbocycles. The Balaban J connectivity index is 1.59. The molecule has 15 heavy (non-hydrogen) atoms. The van der Waals surface area contributed by atoms with Gasteiger partial charge >= 0.3 is 0 Å². The normalized spacial score (nSPS) is 26.2. The topological polar surface area (TPSA) is 6.48 Å². The van der Waals surface area contributed by atoms with Crippen molar-refractivity contribution in [3.8, 4) is 0 Å². The Morgan fingerprint density at radius 2 is 1.60 bits per heavy atom. The Kier molecular flexibility index (Phi) is 4.45. The zero-order valence-electron chi connectivity index (χ0n) is 10.2. The molecule has 0 saturated carbocycles.